The number of benzene rings is 2. The number of ketones is 1. The molecule has 1 heterocycles. The third-order valence-electron chi connectivity index (χ3n) is 6.29. The van der Waals surface area contributed by atoms with Crippen molar-refractivity contribution >= 4 is 17.5 Å². The Balaban J connectivity index is 1.44. The Bertz CT molecular complexity index is 1170. The second-order valence-electron chi connectivity index (χ2n) is 9.66. The Kier molecular flexibility index (Phi) is 7.45. The molecular formula is C27H32N4O4. The SMILES string of the molecule is CC(C)(N)C(=O)CC(COCc1ccccc1)C(=O)Nc1cn(C2c3ccccc3CC2O)cn1. The van der Waals surface area contributed by atoms with E-state index in [2.05, 4.69) is 10.3 Å². The molecule has 1 aliphatic rings. The van der Waals surface area contributed by atoms with Crippen LogP contribution in [-0.2, 0) is 27.4 Å². The topological polar surface area (TPSA) is 119 Å². The number of rotatable bonds is 10. The molecule has 35 heavy (non-hydrogen) atoms. The lowest BCUT2D eigenvalue weighted by Crippen LogP contribution is -2.44. The standard InChI is InChI=1S/C27H32N4O4/c1-27(2,28)23(33)13-20(16-35-15-18-8-4-3-5-9-18)26(34)30-24-14-31(17-29-24)25-21-11-7-6-10-19(21)12-22(25)32/h3-11,14,17,20,22,25,32H,12-13,15-16,28H2,1-2H3,(H,30,34). The van der Waals surface area contributed by atoms with Crippen LogP contribution in [0.25, 0.3) is 0 Å². The van der Waals surface area contributed by atoms with Crippen molar-refractivity contribution < 1.29 is 19.4 Å². The maximum Gasteiger partial charge on any atom is 0.231 e. The molecule has 8 heteroatoms. The molecule has 1 aliphatic carbocycles. The Hall–Kier alpha value is -3.33. The third kappa shape index (κ3) is 6.03. The van der Waals surface area contributed by atoms with Gasteiger partial charge in [-0.05, 0) is 30.5 Å². The average molecular weight is 477 g/mol. The average Bonchev–Trinajstić information content (AvgIpc) is 3.41. The maximum absolute atomic E-state index is 13.1. The number of aromatic nitrogens is 2. The predicted molar refractivity (Wildman–Crippen MR) is 133 cm³/mol. The summed E-state index contributed by atoms with van der Waals surface area (Å²) in [6.07, 6.45) is 3.25. The minimum atomic E-state index is -1.05. The van der Waals surface area contributed by atoms with Gasteiger partial charge < -0.3 is 25.5 Å². The van der Waals surface area contributed by atoms with Crippen LogP contribution >= 0.6 is 0 Å². The molecule has 3 aromatic rings. The minimum absolute atomic E-state index is 0.0421. The van der Waals surface area contributed by atoms with Gasteiger partial charge in [-0.2, -0.15) is 0 Å². The number of anilines is 1. The fraction of sp³-hybridized carbons (Fsp3) is 0.370. The minimum Gasteiger partial charge on any atom is -0.390 e. The molecule has 0 saturated carbocycles. The highest BCUT2D eigenvalue weighted by atomic mass is 16.5. The molecule has 3 atom stereocenters. The first kappa shape index (κ1) is 24.8. The first-order chi connectivity index (χ1) is 16.7. The van der Waals surface area contributed by atoms with Crippen molar-refractivity contribution in [2.45, 2.75) is 51.0 Å². The number of carbonyl (C=O) groups excluding carboxylic acids is 2. The second kappa shape index (κ2) is 10.5. The Labute approximate surface area is 205 Å². The van der Waals surface area contributed by atoms with Crippen molar-refractivity contribution in [1.29, 1.82) is 0 Å². The van der Waals surface area contributed by atoms with Crippen molar-refractivity contribution in [1.82, 2.24) is 9.55 Å². The number of Topliss-reactive ketones (excluding diaryl/α,β-unsaturated/α-hetero) is 1. The summed E-state index contributed by atoms with van der Waals surface area (Å²) in [4.78, 5) is 30.0. The van der Waals surface area contributed by atoms with Crippen LogP contribution < -0.4 is 11.1 Å². The van der Waals surface area contributed by atoms with Crippen molar-refractivity contribution in [3.05, 3.63) is 83.8 Å². The van der Waals surface area contributed by atoms with Gasteiger partial charge in [-0.1, -0.05) is 54.6 Å². The summed E-state index contributed by atoms with van der Waals surface area (Å²) in [5.41, 5.74) is 8.03. The van der Waals surface area contributed by atoms with Crippen LogP contribution in [0, 0.1) is 5.92 Å². The van der Waals surface area contributed by atoms with Crippen LogP contribution in [-0.4, -0.2) is 44.6 Å². The van der Waals surface area contributed by atoms with E-state index in [0.717, 1.165) is 16.7 Å². The summed E-state index contributed by atoms with van der Waals surface area (Å²) >= 11 is 0. The molecule has 8 nitrogen and oxygen atoms in total. The van der Waals surface area contributed by atoms with Crippen molar-refractivity contribution in [2.75, 3.05) is 11.9 Å². The quantitative estimate of drug-likeness (QED) is 0.414. The summed E-state index contributed by atoms with van der Waals surface area (Å²) < 4.78 is 7.59. The van der Waals surface area contributed by atoms with E-state index in [1.165, 1.54) is 0 Å². The second-order valence-corrected chi connectivity index (χ2v) is 9.66. The lowest BCUT2D eigenvalue weighted by molar-refractivity contribution is -0.130. The number of nitrogens with zero attached hydrogens (tertiary/aromatic N) is 2. The summed E-state index contributed by atoms with van der Waals surface area (Å²) in [5.74, 6) is -0.971. The lowest BCUT2D eigenvalue weighted by atomic mass is 9.91. The number of hydrogen-bond acceptors (Lipinski definition) is 6. The van der Waals surface area contributed by atoms with E-state index < -0.39 is 17.6 Å². The highest BCUT2D eigenvalue weighted by molar-refractivity contribution is 5.96. The summed E-state index contributed by atoms with van der Waals surface area (Å²) in [6, 6.07) is 17.3. The van der Waals surface area contributed by atoms with Crippen LogP contribution in [0.1, 0.15) is 43.0 Å². The van der Waals surface area contributed by atoms with Gasteiger partial charge in [0.05, 0.1) is 43.1 Å². The fourth-order valence-electron chi connectivity index (χ4n) is 4.30. The van der Waals surface area contributed by atoms with Gasteiger partial charge >= 0.3 is 0 Å². The predicted octanol–water partition coefficient (Wildman–Crippen LogP) is 2.86. The molecule has 1 aromatic heterocycles. The molecule has 4 rings (SSSR count). The molecule has 0 bridgehead atoms. The third-order valence-corrected chi connectivity index (χ3v) is 6.29. The molecule has 0 aliphatic heterocycles. The number of amides is 1. The van der Waals surface area contributed by atoms with E-state index >= 15 is 0 Å². The summed E-state index contributed by atoms with van der Waals surface area (Å²) in [6.45, 7) is 3.65. The zero-order valence-electron chi connectivity index (χ0n) is 20.1. The Morgan fingerprint density at radius 3 is 2.66 bits per heavy atom. The normalized spacial score (nSPS) is 18.2. The first-order valence-electron chi connectivity index (χ1n) is 11.8. The molecular weight excluding hydrogens is 444 g/mol. The molecule has 0 fully saturated rings. The number of hydrogen-bond donors (Lipinski definition) is 3. The fourth-order valence-corrected chi connectivity index (χ4v) is 4.30. The highest BCUT2D eigenvalue weighted by Crippen LogP contribution is 2.34. The first-order valence-corrected chi connectivity index (χ1v) is 11.8. The molecule has 1 amide bonds. The van der Waals surface area contributed by atoms with Gasteiger partial charge in [0.1, 0.15) is 0 Å². The van der Waals surface area contributed by atoms with Crippen molar-refractivity contribution in [2.24, 2.45) is 11.7 Å². The van der Waals surface area contributed by atoms with Crippen LogP contribution in [0.2, 0.25) is 0 Å². The summed E-state index contributed by atoms with van der Waals surface area (Å²) in [5, 5.41) is 13.4. The zero-order valence-corrected chi connectivity index (χ0v) is 20.1. The van der Waals surface area contributed by atoms with Gasteiger partial charge in [-0.15, -0.1) is 0 Å². The van der Waals surface area contributed by atoms with Gasteiger partial charge in [0, 0.05) is 19.0 Å². The van der Waals surface area contributed by atoms with Crippen LogP contribution in [0.4, 0.5) is 5.82 Å². The Morgan fingerprint density at radius 2 is 1.91 bits per heavy atom. The molecule has 0 radical (unpaired) electrons. The number of aliphatic hydroxyl groups is 1. The van der Waals surface area contributed by atoms with Gasteiger partial charge in [-0.3, -0.25) is 9.59 Å². The number of fused-ring (bicyclic) bond motifs is 1. The van der Waals surface area contributed by atoms with Crippen molar-refractivity contribution in [3.8, 4) is 0 Å². The summed E-state index contributed by atoms with van der Waals surface area (Å²) in [7, 11) is 0. The van der Waals surface area contributed by atoms with E-state index in [1.807, 2.05) is 54.6 Å². The van der Waals surface area contributed by atoms with E-state index in [1.54, 1.807) is 30.9 Å². The van der Waals surface area contributed by atoms with Gasteiger partial charge in [0.15, 0.2) is 11.6 Å². The number of imidazole rings is 1. The smallest absolute Gasteiger partial charge is 0.231 e. The number of aliphatic hydroxyl groups excluding tert-OH is 1. The molecule has 0 saturated heterocycles. The van der Waals surface area contributed by atoms with Crippen molar-refractivity contribution in [3.63, 3.8) is 0 Å². The largest absolute Gasteiger partial charge is 0.390 e. The van der Waals surface area contributed by atoms with E-state index in [0.29, 0.717) is 18.8 Å². The number of ether oxygens (including phenoxy) is 1. The van der Waals surface area contributed by atoms with Crippen LogP contribution in [0.5, 0.6) is 0 Å². The van der Waals surface area contributed by atoms with E-state index in [-0.39, 0.29) is 30.8 Å². The zero-order chi connectivity index (χ0) is 25.0. The molecule has 2 aromatic carbocycles. The van der Waals surface area contributed by atoms with Crippen LogP contribution in [0.3, 0.4) is 0 Å². The van der Waals surface area contributed by atoms with Gasteiger partial charge in [-0.25, -0.2) is 4.98 Å². The van der Waals surface area contributed by atoms with E-state index in [9.17, 15) is 14.7 Å². The monoisotopic (exact) mass is 476 g/mol. The van der Waals surface area contributed by atoms with E-state index in [4.69, 9.17) is 10.5 Å². The number of nitrogens with one attached hydrogen (secondary N) is 1. The molecule has 0 spiro atoms. The van der Waals surface area contributed by atoms with Gasteiger partial charge in [0.2, 0.25) is 5.91 Å². The molecule has 4 N–H and O–H groups in total. The van der Waals surface area contributed by atoms with Crippen LogP contribution in [0.15, 0.2) is 67.1 Å². The number of nitrogens with two attached hydrogens (primary N) is 1. The number of carbonyl (C=O) groups is 2. The maximum atomic E-state index is 13.1. The lowest BCUT2D eigenvalue weighted by Gasteiger charge is -2.21. The Morgan fingerprint density at radius 1 is 1.20 bits per heavy atom. The molecule has 184 valence electrons. The van der Waals surface area contributed by atoms with Gasteiger partial charge in [0.25, 0.3) is 0 Å². The highest BCUT2D eigenvalue weighted by Gasteiger charge is 2.33. The molecule has 3 unspecified atom stereocenters.